The summed E-state index contributed by atoms with van der Waals surface area (Å²) in [6.07, 6.45) is -0.0421. The largest absolute Gasteiger partial charge is 0.466 e. The molecule has 0 bridgehead atoms. The van der Waals surface area contributed by atoms with Crippen molar-refractivity contribution in [3.8, 4) is 0 Å². The van der Waals surface area contributed by atoms with E-state index in [1.54, 1.807) is 45.0 Å². The molecular formula is C20H21N3O5S. The Morgan fingerprint density at radius 2 is 1.79 bits per heavy atom. The van der Waals surface area contributed by atoms with E-state index in [0.717, 1.165) is 0 Å². The zero-order chi connectivity index (χ0) is 21.0. The van der Waals surface area contributed by atoms with Crippen LogP contribution in [0.5, 0.6) is 0 Å². The van der Waals surface area contributed by atoms with Gasteiger partial charge in [0.1, 0.15) is 9.88 Å². The molecule has 0 aliphatic heterocycles. The van der Waals surface area contributed by atoms with Crippen LogP contribution in [0.15, 0.2) is 29.1 Å². The molecule has 9 heteroatoms. The molecule has 0 aliphatic rings. The third-order valence-corrected chi connectivity index (χ3v) is 5.27. The molecule has 0 saturated carbocycles. The summed E-state index contributed by atoms with van der Waals surface area (Å²) >= 11 is 1.17. The number of nitrogens with zero attached hydrogens (tertiary/aromatic N) is 3. The van der Waals surface area contributed by atoms with Crippen molar-refractivity contribution >= 4 is 34.0 Å². The number of ether oxygens (including phenoxy) is 2. The van der Waals surface area contributed by atoms with Gasteiger partial charge in [-0.25, -0.2) is 14.5 Å². The van der Waals surface area contributed by atoms with E-state index in [1.165, 1.54) is 16.0 Å². The summed E-state index contributed by atoms with van der Waals surface area (Å²) in [5.74, 6) is -0.847. The average molecular weight is 415 g/mol. The number of benzene rings is 1. The first-order valence-electron chi connectivity index (χ1n) is 9.22. The lowest BCUT2D eigenvalue weighted by Gasteiger charge is -2.10. The van der Waals surface area contributed by atoms with Gasteiger partial charge in [-0.3, -0.25) is 9.59 Å². The molecule has 2 heterocycles. The summed E-state index contributed by atoms with van der Waals surface area (Å²) in [6.45, 7) is 5.81. The third kappa shape index (κ3) is 4.51. The lowest BCUT2D eigenvalue weighted by molar-refractivity contribution is -0.142. The smallest absolute Gasteiger partial charge is 0.350 e. The third-order valence-electron chi connectivity index (χ3n) is 4.15. The second-order valence-corrected chi connectivity index (χ2v) is 7.26. The Morgan fingerprint density at radius 3 is 2.48 bits per heavy atom. The van der Waals surface area contributed by atoms with Crippen LogP contribution < -0.4 is 5.56 Å². The molecule has 3 aromatic rings. The highest BCUT2D eigenvalue weighted by Gasteiger charge is 2.19. The van der Waals surface area contributed by atoms with Gasteiger partial charge < -0.3 is 9.47 Å². The highest BCUT2D eigenvalue weighted by molar-refractivity contribution is 7.13. The number of thiazole rings is 1. The van der Waals surface area contributed by atoms with Crippen molar-refractivity contribution in [3.05, 3.63) is 55.9 Å². The van der Waals surface area contributed by atoms with Crippen LogP contribution in [0.1, 0.15) is 39.9 Å². The van der Waals surface area contributed by atoms with E-state index in [9.17, 15) is 14.4 Å². The summed E-state index contributed by atoms with van der Waals surface area (Å²) in [6, 6.07) is 7.00. The minimum absolute atomic E-state index is 0.0421. The van der Waals surface area contributed by atoms with E-state index in [0.29, 0.717) is 32.0 Å². The Balaban J connectivity index is 2.00. The first-order valence-corrected chi connectivity index (χ1v) is 10.0. The van der Waals surface area contributed by atoms with Crippen molar-refractivity contribution in [2.24, 2.45) is 0 Å². The van der Waals surface area contributed by atoms with Crippen LogP contribution in [-0.2, 0) is 27.2 Å². The maximum absolute atomic E-state index is 12.9. The Bertz CT molecular complexity index is 1120. The maximum Gasteiger partial charge on any atom is 0.350 e. The van der Waals surface area contributed by atoms with E-state index in [2.05, 4.69) is 10.1 Å². The van der Waals surface area contributed by atoms with Crippen molar-refractivity contribution in [1.82, 2.24) is 14.8 Å². The SMILES string of the molecule is CCOC(=O)Cc1nn(Cc2nc(C)c(C(=O)OCC)s2)c(=O)c2ccccc12. The zero-order valence-electron chi connectivity index (χ0n) is 16.4. The van der Waals surface area contributed by atoms with Gasteiger partial charge in [0.2, 0.25) is 0 Å². The van der Waals surface area contributed by atoms with Crippen LogP contribution in [0.2, 0.25) is 0 Å². The van der Waals surface area contributed by atoms with Gasteiger partial charge in [0, 0.05) is 5.39 Å². The fourth-order valence-electron chi connectivity index (χ4n) is 2.93. The molecule has 0 saturated heterocycles. The number of esters is 2. The van der Waals surface area contributed by atoms with Crippen molar-refractivity contribution in [3.63, 3.8) is 0 Å². The quantitative estimate of drug-likeness (QED) is 0.547. The Labute approximate surface area is 171 Å². The number of carbonyl (C=O) groups excluding carboxylic acids is 2. The molecule has 2 aromatic heterocycles. The number of hydrogen-bond acceptors (Lipinski definition) is 8. The fraction of sp³-hybridized carbons (Fsp3) is 0.350. The highest BCUT2D eigenvalue weighted by atomic mass is 32.1. The molecule has 0 fully saturated rings. The van der Waals surface area contributed by atoms with Gasteiger partial charge >= 0.3 is 11.9 Å². The predicted molar refractivity (Wildman–Crippen MR) is 108 cm³/mol. The van der Waals surface area contributed by atoms with Crippen LogP contribution in [0.25, 0.3) is 10.8 Å². The van der Waals surface area contributed by atoms with Gasteiger partial charge in [-0.15, -0.1) is 11.3 Å². The van der Waals surface area contributed by atoms with Crippen LogP contribution in [0.4, 0.5) is 0 Å². The number of carbonyl (C=O) groups is 2. The molecular weight excluding hydrogens is 394 g/mol. The molecule has 3 rings (SSSR count). The molecule has 0 aliphatic carbocycles. The van der Waals surface area contributed by atoms with E-state index in [1.807, 2.05) is 0 Å². The summed E-state index contributed by atoms with van der Waals surface area (Å²) < 4.78 is 11.3. The zero-order valence-corrected chi connectivity index (χ0v) is 17.2. The van der Waals surface area contributed by atoms with Crippen LogP contribution in [0, 0.1) is 6.92 Å². The van der Waals surface area contributed by atoms with Crippen LogP contribution >= 0.6 is 11.3 Å². The number of hydrogen-bond donors (Lipinski definition) is 0. The molecule has 0 spiro atoms. The van der Waals surface area contributed by atoms with Crippen LogP contribution in [-0.4, -0.2) is 39.9 Å². The molecule has 0 unspecified atom stereocenters. The fourth-order valence-corrected chi connectivity index (χ4v) is 3.87. The predicted octanol–water partition coefficient (Wildman–Crippen LogP) is 2.49. The Morgan fingerprint density at radius 1 is 1.10 bits per heavy atom. The van der Waals surface area contributed by atoms with Gasteiger partial charge in [0.05, 0.1) is 43.0 Å². The first-order chi connectivity index (χ1) is 13.9. The van der Waals surface area contributed by atoms with Crippen molar-refractivity contribution in [2.45, 2.75) is 33.7 Å². The minimum Gasteiger partial charge on any atom is -0.466 e. The molecule has 0 amide bonds. The number of aryl methyl sites for hydroxylation is 1. The standard InChI is InChI=1S/C20H21N3O5S/c1-4-27-17(24)10-15-13-8-6-7-9-14(13)19(25)23(22-15)11-16-21-12(3)18(29-16)20(26)28-5-2/h6-9H,4-5,10-11H2,1-3H3. The molecule has 0 atom stereocenters. The van der Waals surface area contributed by atoms with E-state index in [4.69, 9.17) is 9.47 Å². The van der Waals surface area contributed by atoms with Crippen molar-refractivity contribution in [2.75, 3.05) is 13.2 Å². The average Bonchev–Trinajstić information content (AvgIpc) is 3.06. The van der Waals surface area contributed by atoms with Gasteiger partial charge in [-0.2, -0.15) is 5.10 Å². The van der Waals surface area contributed by atoms with Gasteiger partial charge in [0.25, 0.3) is 5.56 Å². The van der Waals surface area contributed by atoms with Crippen molar-refractivity contribution in [1.29, 1.82) is 0 Å². The van der Waals surface area contributed by atoms with Crippen molar-refractivity contribution < 1.29 is 19.1 Å². The molecule has 29 heavy (non-hydrogen) atoms. The van der Waals surface area contributed by atoms with Gasteiger partial charge in [-0.05, 0) is 26.8 Å². The maximum atomic E-state index is 12.9. The second-order valence-electron chi connectivity index (χ2n) is 6.18. The summed E-state index contributed by atoms with van der Waals surface area (Å²) in [7, 11) is 0. The van der Waals surface area contributed by atoms with E-state index in [-0.39, 0.29) is 31.7 Å². The number of fused-ring (bicyclic) bond motifs is 1. The van der Waals surface area contributed by atoms with E-state index < -0.39 is 11.9 Å². The molecule has 8 nitrogen and oxygen atoms in total. The first kappa shape index (κ1) is 20.7. The molecule has 0 radical (unpaired) electrons. The molecule has 1 aromatic carbocycles. The Kier molecular flexibility index (Phi) is 6.38. The summed E-state index contributed by atoms with van der Waals surface area (Å²) in [5, 5.41) is 6.02. The highest BCUT2D eigenvalue weighted by Crippen LogP contribution is 2.20. The summed E-state index contributed by atoms with van der Waals surface area (Å²) in [4.78, 5) is 41.7. The lowest BCUT2D eigenvalue weighted by Crippen LogP contribution is -2.26. The van der Waals surface area contributed by atoms with Gasteiger partial charge in [0.15, 0.2) is 0 Å². The normalized spacial score (nSPS) is 10.9. The monoisotopic (exact) mass is 415 g/mol. The lowest BCUT2D eigenvalue weighted by atomic mass is 10.1. The van der Waals surface area contributed by atoms with Gasteiger partial charge in [-0.1, -0.05) is 18.2 Å². The second kappa shape index (κ2) is 8.95. The number of aromatic nitrogens is 3. The Hall–Kier alpha value is -3.07. The minimum atomic E-state index is -0.435. The van der Waals surface area contributed by atoms with E-state index >= 15 is 0 Å². The summed E-state index contributed by atoms with van der Waals surface area (Å²) in [5.41, 5.74) is 0.709. The molecule has 152 valence electrons. The van der Waals surface area contributed by atoms with Crippen LogP contribution in [0.3, 0.4) is 0 Å². The molecule has 0 N–H and O–H groups in total. The topological polar surface area (TPSA) is 100 Å². The number of rotatable bonds is 7.